The molecule has 8 heteroatoms. The summed E-state index contributed by atoms with van der Waals surface area (Å²) < 4.78 is 24.6. The summed E-state index contributed by atoms with van der Waals surface area (Å²) in [6.07, 6.45) is -2.46. The van der Waals surface area contributed by atoms with Crippen molar-refractivity contribution in [2.45, 2.75) is 6.43 Å². The molecule has 1 N–H and O–H groups in total. The summed E-state index contributed by atoms with van der Waals surface area (Å²) in [7, 11) is 0. The van der Waals surface area contributed by atoms with Crippen molar-refractivity contribution in [3.05, 3.63) is 37.8 Å². The molecule has 0 saturated carbocycles. The molecule has 78 valence electrons. The summed E-state index contributed by atoms with van der Waals surface area (Å²) >= 11 is 0. The number of nitriles is 1. The predicted molar refractivity (Wildman–Crippen MR) is 43.4 cm³/mol. The van der Waals surface area contributed by atoms with Gasteiger partial charge in [-0.15, -0.1) is 0 Å². The first-order valence-corrected chi connectivity index (χ1v) is 3.57. The van der Waals surface area contributed by atoms with Gasteiger partial charge in [0.25, 0.3) is 6.43 Å². The van der Waals surface area contributed by atoms with E-state index in [9.17, 15) is 23.7 Å². The van der Waals surface area contributed by atoms with Crippen LogP contribution in [0.25, 0.3) is 0 Å². The fourth-order valence-corrected chi connectivity index (χ4v) is 0.998. The van der Waals surface area contributed by atoms with Crippen molar-refractivity contribution < 1.29 is 13.7 Å². The Morgan fingerprint density at radius 3 is 2.60 bits per heavy atom. The fraction of sp³-hybridized carbons (Fsp3) is 0.143. The number of halogens is 2. The van der Waals surface area contributed by atoms with Crippen LogP contribution in [-0.4, -0.2) is 9.91 Å². The molecule has 0 fully saturated rings. The molecule has 0 amide bonds. The third-order valence-corrected chi connectivity index (χ3v) is 1.63. The molecule has 1 heterocycles. The summed E-state index contributed by atoms with van der Waals surface area (Å²) in [5.74, 6) is 0. The lowest BCUT2D eigenvalue weighted by Gasteiger charge is -2.01. The Kier molecular flexibility index (Phi) is 2.75. The zero-order valence-electron chi connectivity index (χ0n) is 7.03. The van der Waals surface area contributed by atoms with Crippen LogP contribution >= 0.6 is 0 Å². The first kappa shape index (κ1) is 10.8. The molecular weight excluding hydrogens is 212 g/mol. The molecule has 6 nitrogen and oxygen atoms in total. The first-order chi connectivity index (χ1) is 6.99. The third-order valence-electron chi connectivity index (χ3n) is 1.63. The summed E-state index contributed by atoms with van der Waals surface area (Å²) in [5.41, 5.74) is -4.10. The highest BCUT2D eigenvalue weighted by Gasteiger charge is 2.26. The lowest BCUT2D eigenvalue weighted by molar-refractivity contribution is -0.386. The summed E-state index contributed by atoms with van der Waals surface area (Å²) in [4.78, 5) is 21.9. The molecule has 0 radical (unpaired) electrons. The van der Waals surface area contributed by atoms with E-state index in [0.29, 0.717) is 6.20 Å². The lowest BCUT2D eigenvalue weighted by Crippen LogP contribution is -2.15. The van der Waals surface area contributed by atoms with Gasteiger partial charge in [-0.05, 0) is 0 Å². The van der Waals surface area contributed by atoms with Gasteiger partial charge >= 0.3 is 11.2 Å². The van der Waals surface area contributed by atoms with Crippen molar-refractivity contribution in [3.63, 3.8) is 0 Å². The quantitative estimate of drug-likeness (QED) is 0.589. The van der Waals surface area contributed by atoms with Crippen LogP contribution in [-0.2, 0) is 0 Å². The number of H-pyrrole nitrogens is 1. The Morgan fingerprint density at radius 1 is 1.60 bits per heavy atom. The maximum atomic E-state index is 12.3. The zero-order valence-corrected chi connectivity index (χ0v) is 7.03. The molecule has 0 saturated heterocycles. The van der Waals surface area contributed by atoms with E-state index < -0.39 is 33.7 Å². The highest BCUT2D eigenvalue weighted by atomic mass is 19.3. The van der Waals surface area contributed by atoms with Crippen molar-refractivity contribution in [3.8, 4) is 6.07 Å². The molecule has 15 heavy (non-hydrogen) atoms. The number of hydrogen-bond acceptors (Lipinski definition) is 4. The molecule has 0 spiro atoms. The van der Waals surface area contributed by atoms with Crippen LogP contribution in [0.4, 0.5) is 14.5 Å². The molecule has 1 aromatic rings. The number of nitro groups is 1. The van der Waals surface area contributed by atoms with Crippen molar-refractivity contribution in [1.29, 1.82) is 5.26 Å². The lowest BCUT2D eigenvalue weighted by atomic mass is 10.1. The van der Waals surface area contributed by atoms with E-state index in [1.165, 1.54) is 6.07 Å². The Hall–Kier alpha value is -2.30. The molecular formula is C7H3F2N3O3. The second-order valence-corrected chi connectivity index (χ2v) is 2.47. The normalized spacial score (nSPS) is 10.0. The standard InChI is InChI=1S/C7H3F2N3O3/c8-6(9)4-2-11-7(13)5(12(14)15)3(4)1-10/h2,6H,(H,11,13). The minimum atomic E-state index is -3.06. The molecule has 0 unspecified atom stereocenters. The Morgan fingerprint density at radius 2 is 2.20 bits per heavy atom. The molecule has 0 aromatic carbocycles. The SMILES string of the molecule is N#Cc1c(C(F)F)c[nH]c(=O)c1[N+](=O)[O-]. The van der Waals surface area contributed by atoms with Gasteiger partial charge in [-0.1, -0.05) is 0 Å². The van der Waals surface area contributed by atoms with Crippen molar-refractivity contribution in [1.82, 2.24) is 4.98 Å². The minimum absolute atomic E-state index is 0.596. The van der Waals surface area contributed by atoms with Crippen molar-refractivity contribution in [2.75, 3.05) is 0 Å². The third kappa shape index (κ3) is 1.80. The number of hydrogen-bond donors (Lipinski definition) is 1. The van der Waals surface area contributed by atoms with Gasteiger partial charge in [-0.2, -0.15) is 5.26 Å². The summed E-state index contributed by atoms with van der Waals surface area (Å²) in [6, 6.07) is 1.23. The molecule has 0 bridgehead atoms. The smallest absolute Gasteiger partial charge is 0.323 e. The van der Waals surface area contributed by atoms with E-state index in [0.717, 1.165) is 0 Å². The molecule has 1 aromatic heterocycles. The van der Waals surface area contributed by atoms with Gasteiger partial charge in [0.1, 0.15) is 11.6 Å². The maximum absolute atomic E-state index is 12.3. The number of aromatic amines is 1. The average Bonchev–Trinajstić information content (AvgIpc) is 2.15. The monoisotopic (exact) mass is 215 g/mol. The Balaban J connectivity index is 3.64. The second-order valence-electron chi connectivity index (χ2n) is 2.47. The van der Waals surface area contributed by atoms with E-state index in [4.69, 9.17) is 5.26 Å². The Labute approximate surface area is 80.9 Å². The van der Waals surface area contributed by atoms with Crippen LogP contribution < -0.4 is 5.56 Å². The van der Waals surface area contributed by atoms with Gasteiger partial charge in [-0.3, -0.25) is 14.9 Å². The highest BCUT2D eigenvalue weighted by Crippen LogP contribution is 2.25. The van der Waals surface area contributed by atoms with Crippen LogP contribution in [0.5, 0.6) is 0 Å². The van der Waals surface area contributed by atoms with Gasteiger partial charge < -0.3 is 4.98 Å². The molecule has 0 aliphatic heterocycles. The average molecular weight is 215 g/mol. The van der Waals surface area contributed by atoms with E-state index >= 15 is 0 Å². The predicted octanol–water partition coefficient (Wildman–Crippen LogP) is 1.09. The fourth-order valence-electron chi connectivity index (χ4n) is 0.998. The van der Waals surface area contributed by atoms with Crippen molar-refractivity contribution >= 4 is 5.69 Å². The van der Waals surface area contributed by atoms with Crippen molar-refractivity contribution in [2.24, 2.45) is 0 Å². The highest BCUT2D eigenvalue weighted by molar-refractivity contribution is 5.51. The van der Waals surface area contributed by atoms with E-state index in [1.807, 2.05) is 0 Å². The second kappa shape index (κ2) is 3.83. The first-order valence-electron chi connectivity index (χ1n) is 3.57. The Bertz CT molecular complexity index is 503. The van der Waals surface area contributed by atoms with Gasteiger partial charge in [0.15, 0.2) is 0 Å². The van der Waals surface area contributed by atoms with Gasteiger partial charge in [0.05, 0.1) is 10.5 Å². The number of pyridine rings is 1. The largest absolute Gasteiger partial charge is 0.351 e. The van der Waals surface area contributed by atoms with Crippen LogP contribution in [0, 0.1) is 21.4 Å². The number of aromatic nitrogens is 1. The van der Waals surface area contributed by atoms with Crippen LogP contribution in [0.1, 0.15) is 17.6 Å². The topological polar surface area (TPSA) is 99.8 Å². The van der Waals surface area contributed by atoms with Crippen LogP contribution in [0.3, 0.4) is 0 Å². The zero-order chi connectivity index (χ0) is 11.6. The molecule has 0 atom stereocenters. The molecule has 0 aliphatic carbocycles. The van der Waals surface area contributed by atoms with E-state index in [-0.39, 0.29) is 0 Å². The summed E-state index contributed by atoms with van der Waals surface area (Å²) in [5, 5.41) is 18.8. The number of rotatable bonds is 2. The van der Waals surface area contributed by atoms with Gasteiger partial charge in [-0.25, -0.2) is 8.78 Å². The summed E-state index contributed by atoms with van der Waals surface area (Å²) in [6.45, 7) is 0. The van der Waals surface area contributed by atoms with E-state index in [2.05, 4.69) is 0 Å². The number of alkyl halides is 2. The van der Waals surface area contributed by atoms with Gasteiger partial charge in [0, 0.05) is 6.20 Å². The molecule has 1 rings (SSSR count). The van der Waals surface area contributed by atoms with E-state index in [1.54, 1.807) is 4.98 Å². The molecule has 0 aliphatic rings. The number of nitrogens with one attached hydrogen (secondary N) is 1. The van der Waals surface area contributed by atoms with Crippen LogP contribution in [0.2, 0.25) is 0 Å². The van der Waals surface area contributed by atoms with Crippen LogP contribution in [0.15, 0.2) is 11.0 Å². The van der Waals surface area contributed by atoms with Gasteiger partial charge in [0.2, 0.25) is 0 Å². The number of nitrogens with zero attached hydrogens (tertiary/aromatic N) is 2. The maximum Gasteiger partial charge on any atom is 0.351 e. The minimum Gasteiger partial charge on any atom is -0.323 e.